The van der Waals surface area contributed by atoms with Crippen molar-refractivity contribution < 1.29 is 19.4 Å². The number of nitrogens with zero attached hydrogens (tertiary/aromatic N) is 1. The number of hydrogen-bond donors (Lipinski definition) is 1. The van der Waals surface area contributed by atoms with Crippen LogP contribution in [0.2, 0.25) is 0 Å². The molecule has 2 rings (SSSR count). The molecule has 1 unspecified atom stereocenters. The van der Waals surface area contributed by atoms with E-state index in [2.05, 4.69) is 0 Å². The van der Waals surface area contributed by atoms with Crippen molar-refractivity contribution >= 4 is 5.91 Å². The highest BCUT2D eigenvalue weighted by Crippen LogP contribution is 2.21. The monoisotopic (exact) mass is 293 g/mol. The molecule has 0 spiro atoms. The van der Waals surface area contributed by atoms with Crippen LogP contribution in [-0.2, 0) is 4.79 Å². The molecule has 1 fully saturated rings. The van der Waals surface area contributed by atoms with Gasteiger partial charge < -0.3 is 19.5 Å². The quantitative estimate of drug-likeness (QED) is 0.900. The molecule has 0 saturated carbocycles. The third-order valence-electron chi connectivity index (χ3n) is 3.67. The van der Waals surface area contributed by atoms with Gasteiger partial charge in [0.25, 0.3) is 0 Å². The SMILES string of the molecule is COc1ccc(OCCC(=O)N2CCCC(C)(O)C2)cc1. The summed E-state index contributed by atoms with van der Waals surface area (Å²) in [4.78, 5) is 13.8. The molecule has 5 heteroatoms. The van der Waals surface area contributed by atoms with Gasteiger partial charge in [-0.1, -0.05) is 0 Å². The molecule has 1 aromatic rings. The lowest BCUT2D eigenvalue weighted by Gasteiger charge is -2.36. The van der Waals surface area contributed by atoms with Crippen LogP contribution in [0.1, 0.15) is 26.2 Å². The van der Waals surface area contributed by atoms with Gasteiger partial charge in [-0.15, -0.1) is 0 Å². The molecule has 1 saturated heterocycles. The summed E-state index contributed by atoms with van der Waals surface area (Å²) in [5, 5.41) is 10.0. The molecule has 1 aromatic carbocycles. The zero-order valence-corrected chi connectivity index (χ0v) is 12.7. The van der Waals surface area contributed by atoms with Crippen LogP contribution in [0.5, 0.6) is 11.5 Å². The Hall–Kier alpha value is -1.75. The van der Waals surface area contributed by atoms with Gasteiger partial charge in [-0.05, 0) is 44.0 Å². The van der Waals surface area contributed by atoms with Gasteiger partial charge in [0.1, 0.15) is 11.5 Å². The number of amides is 1. The molecular formula is C16H23NO4. The number of ether oxygens (including phenoxy) is 2. The van der Waals surface area contributed by atoms with Crippen LogP contribution in [0.4, 0.5) is 0 Å². The number of hydrogen-bond acceptors (Lipinski definition) is 4. The molecule has 1 N–H and O–H groups in total. The van der Waals surface area contributed by atoms with Crippen LogP contribution >= 0.6 is 0 Å². The van der Waals surface area contributed by atoms with Crippen LogP contribution in [-0.4, -0.2) is 48.3 Å². The van der Waals surface area contributed by atoms with Crippen LogP contribution in [0, 0.1) is 0 Å². The summed E-state index contributed by atoms with van der Waals surface area (Å²) in [5.74, 6) is 1.52. The summed E-state index contributed by atoms with van der Waals surface area (Å²) >= 11 is 0. The van der Waals surface area contributed by atoms with E-state index in [1.165, 1.54) is 0 Å². The van der Waals surface area contributed by atoms with E-state index in [0.29, 0.717) is 25.3 Å². The van der Waals surface area contributed by atoms with Gasteiger partial charge >= 0.3 is 0 Å². The van der Waals surface area contributed by atoms with E-state index in [0.717, 1.165) is 25.1 Å². The van der Waals surface area contributed by atoms with E-state index in [4.69, 9.17) is 9.47 Å². The molecule has 5 nitrogen and oxygen atoms in total. The summed E-state index contributed by atoms with van der Waals surface area (Å²) in [5.41, 5.74) is -0.759. The summed E-state index contributed by atoms with van der Waals surface area (Å²) < 4.78 is 10.6. The van der Waals surface area contributed by atoms with Gasteiger partial charge in [0.05, 0.1) is 25.7 Å². The fourth-order valence-electron chi connectivity index (χ4n) is 2.52. The first-order valence-corrected chi connectivity index (χ1v) is 7.27. The van der Waals surface area contributed by atoms with Gasteiger partial charge in [-0.2, -0.15) is 0 Å². The van der Waals surface area contributed by atoms with Crippen molar-refractivity contribution in [3.63, 3.8) is 0 Å². The van der Waals surface area contributed by atoms with Crippen LogP contribution < -0.4 is 9.47 Å². The highest BCUT2D eigenvalue weighted by molar-refractivity contribution is 5.76. The molecule has 1 atom stereocenters. The van der Waals surface area contributed by atoms with Crippen molar-refractivity contribution in [2.75, 3.05) is 26.8 Å². The second-order valence-electron chi connectivity index (χ2n) is 5.69. The molecule has 21 heavy (non-hydrogen) atoms. The number of likely N-dealkylation sites (tertiary alicyclic amines) is 1. The third kappa shape index (κ3) is 4.63. The largest absolute Gasteiger partial charge is 0.497 e. The minimum absolute atomic E-state index is 0.0310. The molecule has 1 heterocycles. The topological polar surface area (TPSA) is 59.0 Å². The normalized spacial score (nSPS) is 22.0. The Morgan fingerprint density at radius 1 is 1.33 bits per heavy atom. The number of carbonyl (C=O) groups excluding carboxylic acids is 1. The van der Waals surface area contributed by atoms with Gasteiger partial charge in [0.2, 0.25) is 5.91 Å². The first kappa shape index (κ1) is 15.6. The summed E-state index contributed by atoms with van der Waals surface area (Å²) in [6.45, 7) is 3.25. The lowest BCUT2D eigenvalue weighted by Crippen LogP contribution is -2.48. The van der Waals surface area contributed by atoms with E-state index < -0.39 is 5.60 Å². The Morgan fingerprint density at radius 3 is 2.62 bits per heavy atom. The Morgan fingerprint density at radius 2 is 2.00 bits per heavy atom. The van der Waals surface area contributed by atoms with E-state index in [9.17, 15) is 9.90 Å². The average molecular weight is 293 g/mol. The Balaban J connectivity index is 1.76. The molecule has 1 aliphatic heterocycles. The molecule has 0 bridgehead atoms. The fraction of sp³-hybridized carbons (Fsp3) is 0.562. The average Bonchev–Trinajstić information content (AvgIpc) is 2.47. The predicted molar refractivity (Wildman–Crippen MR) is 79.5 cm³/mol. The minimum Gasteiger partial charge on any atom is -0.497 e. The standard InChI is InChI=1S/C16H23NO4/c1-16(19)9-3-10-17(12-16)15(18)8-11-21-14-6-4-13(20-2)5-7-14/h4-7,19H,3,8-12H2,1-2H3. The smallest absolute Gasteiger partial charge is 0.226 e. The third-order valence-corrected chi connectivity index (χ3v) is 3.67. The Labute approximate surface area is 125 Å². The van der Waals surface area contributed by atoms with Crippen LogP contribution in [0.25, 0.3) is 0 Å². The van der Waals surface area contributed by atoms with E-state index in [1.807, 2.05) is 24.3 Å². The zero-order chi connectivity index (χ0) is 15.3. The summed E-state index contributed by atoms with van der Waals surface area (Å²) in [6.07, 6.45) is 1.92. The maximum absolute atomic E-state index is 12.1. The minimum atomic E-state index is -0.759. The highest BCUT2D eigenvalue weighted by Gasteiger charge is 2.30. The van der Waals surface area contributed by atoms with Crippen molar-refractivity contribution in [1.29, 1.82) is 0 Å². The number of piperidine rings is 1. The molecule has 116 valence electrons. The lowest BCUT2D eigenvalue weighted by atomic mass is 9.95. The van der Waals surface area contributed by atoms with Gasteiger partial charge in [-0.3, -0.25) is 4.79 Å². The number of rotatable bonds is 5. The molecular weight excluding hydrogens is 270 g/mol. The number of methoxy groups -OCH3 is 1. The van der Waals surface area contributed by atoms with Crippen molar-refractivity contribution in [3.05, 3.63) is 24.3 Å². The van der Waals surface area contributed by atoms with Crippen LogP contribution in [0.3, 0.4) is 0 Å². The van der Waals surface area contributed by atoms with E-state index in [1.54, 1.807) is 18.9 Å². The summed E-state index contributed by atoms with van der Waals surface area (Å²) in [6, 6.07) is 7.27. The Kier molecular flexibility index (Phi) is 5.07. The second kappa shape index (κ2) is 6.80. The highest BCUT2D eigenvalue weighted by atomic mass is 16.5. The van der Waals surface area contributed by atoms with Crippen LogP contribution in [0.15, 0.2) is 24.3 Å². The number of aliphatic hydroxyl groups is 1. The van der Waals surface area contributed by atoms with E-state index in [-0.39, 0.29) is 5.91 Å². The number of carbonyl (C=O) groups is 1. The van der Waals surface area contributed by atoms with Gasteiger partial charge in [0.15, 0.2) is 0 Å². The van der Waals surface area contributed by atoms with Gasteiger partial charge in [0, 0.05) is 13.1 Å². The van der Waals surface area contributed by atoms with Crippen molar-refractivity contribution in [2.45, 2.75) is 31.8 Å². The molecule has 0 aromatic heterocycles. The molecule has 1 amide bonds. The molecule has 0 radical (unpaired) electrons. The van der Waals surface area contributed by atoms with Crippen molar-refractivity contribution in [2.24, 2.45) is 0 Å². The maximum Gasteiger partial charge on any atom is 0.226 e. The molecule has 1 aliphatic rings. The maximum atomic E-state index is 12.1. The van der Waals surface area contributed by atoms with Crippen molar-refractivity contribution in [1.82, 2.24) is 4.90 Å². The Bertz CT molecular complexity index is 470. The zero-order valence-electron chi connectivity index (χ0n) is 12.7. The summed E-state index contributed by atoms with van der Waals surface area (Å²) in [7, 11) is 1.61. The number of β-amino-alcohol motifs (C(OH)–C–C–N with tert-alkyl or cyclic N) is 1. The van der Waals surface area contributed by atoms with E-state index >= 15 is 0 Å². The fourth-order valence-corrected chi connectivity index (χ4v) is 2.52. The first-order chi connectivity index (χ1) is 10.00. The molecule has 0 aliphatic carbocycles. The lowest BCUT2D eigenvalue weighted by molar-refractivity contribution is -0.138. The second-order valence-corrected chi connectivity index (χ2v) is 5.69. The predicted octanol–water partition coefficient (Wildman–Crippen LogP) is 1.84. The number of benzene rings is 1. The van der Waals surface area contributed by atoms with Gasteiger partial charge in [-0.25, -0.2) is 0 Å². The first-order valence-electron chi connectivity index (χ1n) is 7.27. The van der Waals surface area contributed by atoms with Crippen molar-refractivity contribution in [3.8, 4) is 11.5 Å².